The summed E-state index contributed by atoms with van der Waals surface area (Å²) >= 11 is 5.15. The van der Waals surface area contributed by atoms with Gasteiger partial charge in [0.05, 0.1) is 17.1 Å². The molecule has 2 heterocycles. The van der Waals surface area contributed by atoms with E-state index in [2.05, 4.69) is 32.4 Å². The third-order valence-corrected chi connectivity index (χ3v) is 5.73. The summed E-state index contributed by atoms with van der Waals surface area (Å²) in [6.07, 6.45) is 1.34. The Labute approximate surface area is 159 Å². The second-order valence-electron chi connectivity index (χ2n) is 6.19. The van der Waals surface area contributed by atoms with Gasteiger partial charge in [-0.05, 0) is 42.7 Å². The van der Waals surface area contributed by atoms with Gasteiger partial charge in [0, 0.05) is 27.6 Å². The van der Waals surface area contributed by atoms with Crippen molar-refractivity contribution in [1.29, 1.82) is 0 Å². The Balaban J connectivity index is 1.49. The summed E-state index contributed by atoms with van der Waals surface area (Å²) < 4.78 is 1.06. The first-order valence-corrected chi connectivity index (χ1v) is 9.87. The minimum absolute atomic E-state index is 0.151. The summed E-state index contributed by atoms with van der Waals surface area (Å²) in [5.41, 5.74) is 5.40. The summed E-state index contributed by atoms with van der Waals surface area (Å²) in [6, 6.07) is 14.3. The van der Waals surface area contributed by atoms with E-state index in [-0.39, 0.29) is 5.91 Å². The lowest BCUT2D eigenvalue weighted by molar-refractivity contribution is -0.117. The van der Waals surface area contributed by atoms with Crippen LogP contribution in [0.3, 0.4) is 0 Å². The van der Waals surface area contributed by atoms with Crippen molar-refractivity contribution in [3.63, 3.8) is 0 Å². The fraction of sp³-hybridized carbons (Fsp3) is 0.200. The van der Waals surface area contributed by atoms with Gasteiger partial charge in [0.25, 0.3) is 0 Å². The maximum absolute atomic E-state index is 12.7. The van der Waals surface area contributed by atoms with E-state index in [0.717, 1.165) is 45.0 Å². The Bertz CT molecular complexity index is 933. The van der Waals surface area contributed by atoms with E-state index >= 15 is 0 Å². The number of carbonyl (C=O) groups is 1. The second-order valence-corrected chi connectivity index (χ2v) is 8.17. The molecule has 1 amide bonds. The molecule has 4 rings (SSSR count). The maximum atomic E-state index is 12.7. The average molecular weight is 413 g/mol. The van der Waals surface area contributed by atoms with Gasteiger partial charge < -0.3 is 4.90 Å². The van der Waals surface area contributed by atoms with Gasteiger partial charge in [0.2, 0.25) is 5.91 Å². The van der Waals surface area contributed by atoms with Gasteiger partial charge in [-0.1, -0.05) is 40.2 Å². The van der Waals surface area contributed by atoms with Gasteiger partial charge >= 0.3 is 0 Å². The van der Waals surface area contributed by atoms with E-state index < -0.39 is 0 Å². The van der Waals surface area contributed by atoms with Gasteiger partial charge in [0.15, 0.2) is 0 Å². The van der Waals surface area contributed by atoms with Crippen LogP contribution in [0.4, 0.5) is 5.69 Å². The summed E-state index contributed by atoms with van der Waals surface area (Å²) in [4.78, 5) is 19.1. The highest BCUT2D eigenvalue weighted by Gasteiger charge is 2.24. The van der Waals surface area contributed by atoms with E-state index in [1.165, 1.54) is 5.56 Å². The topological polar surface area (TPSA) is 33.2 Å². The lowest BCUT2D eigenvalue weighted by Crippen LogP contribution is -2.30. The Kier molecular flexibility index (Phi) is 4.44. The van der Waals surface area contributed by atoms with Crippen molar-refractivity contribution in [3.05, 3.63) is 68.5 Å². The third kappa shape index (κ3) is 3.39. The number of rotatable bonds is 3. The number of carbonyl (C=O) groups excluding carboxylic acids is 1. The average Bonchev–Trinajstić information content (AvgIpc) is 3.21. The Morgan fingerprint density at radius 1 is 1.24 bits per heavy atom. The standard InChI is InChI=1S/C20H17BrN2OS/c1-13-22-18(12-25-13)15-4-2-14(3-5-15)10-20(24)23-9-8-16-11-17(21)6-7-19(16)23/h2-7,11-12H,8-10H2,1H3. The number of anilines is 1. The largest absolute Gasteiger partial charge is 0.312 e. The number of hydrogen-bond acceptors (Lipinski definition) is 3. The molecule has 126 valence electrons. The van der Waals surface area contributed by atoms with Crippen LogP contribution in [0, 0.1) is 6.92 Å². The highest BCUT2D eigenvalue weighted by molar-refractivity contribution is 9.10. The van der Waals surface area contributed by atoms with Crippen LogP contribution in [0.5, 0.6) is 0 Å². The molecule has 0 radical (unpaired) electrons. The van der Waals surface area contributed by atoms with Crippen molar-refractivity contribution < 1.29 is 4.79 Å². The van der Waals surface area contributed by atoms with Crippen molar-refractivity contribution in [2.45, 2.75) is 19.8 Å². The van der Waals surface area contributed by atoms with Crippen LogP contribution in [-0.4, -0.2) is 17.4 Å². The minimum Gasteiger partial charge on any atom is -0.312 e. The Morgan fingerprint density at radius 3 is 2.76 bits per heavy atom. The summed E-state index contributed by atoms with van der Waals surface area (Å²) in [7, 11) is 0. The molecule has 1 aliphatic heterocycles. The molecule has 0 N–H and O–H groups in total. The molecular weight excluding hydrogens is 396 g/mol. The number of amides is 1. The lowest BCUT2D eigenvalue weighted by Gasteiger charge is -2.17. The number of nitrogens with zero attached hydrogens (tertiary/aromatic N) is 2. The molecule has 0 saturated heterocycles. The van der Waals surface area contributed by atoms with Gasteiger partial charge in [-0.2, -0.15) is 0 Å². The van der Waals surface area contributed by atoms with Crippen molar-refractivity contribution in [3.8, 4) is 11.3 Å². The smallest absolute Gasteiger partial charge is 0.231 e. The predicted octanol–water partition coefficient (Wildman–Crippen LogP) is 5.01. The molecular formula is C20H17BrN2OS. The fourth-order valence-corrected chi connectivity index (χ4v) is 4.22. The second kappa shape index (κ2) is 6.73. The van der Waals surface area contributed by atoms with Crippen LogP contribution < -0.4 is 4.90 Å². The van der Waals surface area contributed by atoms with E-state index in [1.807, 2.05) is 48.2 Å². The first-order chi connectivity index (χ1) is 12.1. The number of aromatic nitrogens is 1. The lowest BCUT2D eigenvalue weighted by atomic mass is 10.1. The van der Waals surface area contributed by atoms with Crippen LogP contribution in [0.2, 0.25) is 0 Å². The van der Waals surface area contributed by atoms with Gasteiger partial charge in [0.1, 0.15) is 0 Å². The molecule has 0 unspecified atom stereocenters. The SMILES string of the molecule is Cc1nc(-c2ccc(CC(=O)N3CCc4cc(Br)ccc43)cc2)cs1. The third-order valence-electron chi connectivity index (χ3n) is 4.46. The number of aryl methyl sites for hydroxylation is 1. The number of benzene rings is 2. The molecule has 3 aromatic rings. The summed E-state index contributed by atoms with van der Waals surface area (Å²) in [5.74, 6) is 0.151. The normalized spacial score (nSPS) is 13.1. The maximum Gasteiger partial charge on any atom is 0.231 e. The summed E-state index contributed by atoms with van der Waals surface area (Å²) in [6.45, 7) is 2.77. The Morgan fingerprint density at radius 2 is 2.04 bits per heavy atom. The molecule has 0 atom stereocenters. The van der Waals surface area contributed by atoms with Crippen molar-refractivity contribution in [2.24, 2.45) is 0 Å². The van der Waals surface area contributed by atoms with E-state index in [1.54, 1.807) is 11.3 Å². The number of thiazole rings is 1. The highest BCUT2D eigenvalue weighted by Crippen LogP contribution is 2.31. The van der Waals surface area contributed by atoms with Crippen molar-refractivity contribution in [2.75, 3.05) is 11.4 Å². The number of halogens is 1. The molecule has 0 fully saturated rings. The molecule has 5 heteroatoms. The van der Waals surface area contributed by atoms with E-state index in [0.29, 0.717) is 6.42 Å². The minimum atomic E-state index is 0.151. The molecule has 0 bridgehead atoms. The van der Waals surface area contributed by atoms with Gasteiger partial charge in [-0.3, -0.25) is 4.79 Å². The van der Waals surface area contributed by atoms with Crippen molar-refractivity contribution >= 4 is 38.9 Å². The zero-order valence-corrected chi connectivity index (χ0v) is 16.2. The molecule has 25 heavy (non-hydrogen) atoms. The highest BCUT2D eigenvalue weighted by atomic mass is 79.9. The molecule has 2 aromatic carbocycles. The number of hydrogen-bond donors (Lipinski definition) is 0. The zero-order valence-electron chi connectivity index (χ0n) is 13.8. The Hall–Kier alpha value is -1.98. The first kappa shape index (κ1) is 16.5. The first-order valence-electron chi connectivity index (χ1n) is 8.20. The molecule has 0 spiro atoms. The molecule has 3 nitrogen and oxygen atoms in total. The molecule has 0 aliphatic carbocycles. The van der Waals surface area contributed by atoms with E-state index in [9.17, 15) is 4.79 Å². The predicted molar refractivity (Wildman–Crippen MR) is 106 cm³/mol. The fourth-order valence-electron chi connectivity index (χ4n) is 3.19. The molecule has 1 aromatic heterocycles. The molecule has 1 aliphatic rings. The van der Waals surface area contributed by atoms with Crippen LogP contribution in [0.15, 0.2) is 52.3 Å². The zero-order chi connectivity index (χ0) is 17.4. The van der Waals surface area contributed by atoms with Gasteiger partial charge in [-0.15, -0.1) is 11.3 Å². The molecule has 0 saturated carbocycles. The van der Waals surface area contributed by atoms with Crippen LogP contribution in [-0.2, 0) is 17.6 Å². The van der Waals surface area contributed by atoms with Crippen LogP contribution in [0.25, 0.3) is 11.3 Å². The quantitative estimate of drug-likeness (QED) is 0.605. The van der Waals surface area contributed by atoms with Crippen molar-refractivity contribution in [1.82, 2.24) is 4.98 Å². The van der Waals surface area contributed by atoms with Crippen LogP contribution in [0.1, 0.15) is 16.1 Å². The number of fused-ring (bicyclic) bond motifs is 1. The van der Waals surface area contributed by atoms with Crippen LogP contribution >= 0.6 is 27.3 Å². The summed E-state index contributed by atoms with van der Waals surface area (Å²) in [5, 5.41) is 3.13. The van der Waals surface area contributed by atoms with E-state index in [4.69, 9.17) is 0 Å². The van der Waals surface area contributed by atoms with Gasteiger partial charge in [-0.25, -0.2) is 4.98 Å². The monoisotopic (exact) mass is 412 g/mol.